The number of rotatable bonds is 36. The van der Waals surface area contributed by atoms with Crippen molar-refractivity contribution in [2.75, 3.05) is 13.2 Å². The molecule has 0 aromatic heterocycles. The molecule has 51 heavy (non-hydrogen) atoms. The Morgan fingerprint density at radius 2 is 1.14 bits per heavy atom. The minimum Gasteiger partial charge on any atom is -0.462 e. The molecule has 0 aliphatic carbocycles. The monoisotopic (exact) mass is 740 g/mol. The van der Waals surface area contributed by atoms with Gasteiger partial charge in [-0.15, -0.1) is 0 Å². The predicted octanol–water partition coefficient (Wildman–Crippen LogP) is 11.2. The molecule has 0 radical (unpaired) electrons. The Morgan fingerprint density at radius 3 is 1.73 bits per heavy atom. The van der Waals surface area contributed by atoms with E-state index in [1.807, 2.05) is 0 Å². The highest BCUT2D eigenvalue weighted by Crippen LogP contribution is 2.36. The van der Waals surface area contributed by atoms with Crippen molar-refractivity contribution >= 4 is 19.8 Å². The third-order valence-electron chi connectivity index (χ3n) is 9.09. The summed E-state index contributed by atoms with van der Waals surface area (Å²) >= 11 is 0. The Balaban J connectivity index is 2.13. The quantitative estimate of drug-likeness (QED) is 0.0212. The Morgan fingerprint density at radius 1 is 0.627 bits per heavy atom. The highest BCUT2D eigenvalue weighted by Gasteiger charge is 2.36. The highest BCUT2D eigenvalue weighted by atomic mass is 31.2. The molecule has 0 spiro atoms. The largest absolute Gasteiger partial charge is 0.469 e. The number of unbranched alkanes of at least 4 members (excludes halogenated alkanes) is 17. The van der Waals surface area contributed by atoms with Gasteiger partial charge in [0.25, 0.3) is 0 Å². The van der Waals surface area contributed by atoms with Crippen LogP contribution in [0.4, 0.5) is 0 Å². The smallest absolute Gasteiger partial charge is 0.462 e. The van der Waals surface area contributed by atoms with Crippen molar-refractivity contribution in [2.45, 2.75) is 199 Å². The molecule has 3 atom stereocenters. The maximum absolute atomic E-state index is 12.5. The van der Waals surface area contributed by atoms with Gasteiger partial charge in [0.1, 0.15) is 6.61 Å². The molecule has 1 saturated heterocycles. The average Bonchev–Trinajstić information content (AvgIpc) is 3.85. The molecule has 9 nitrogen and oxygen atoms in total. The van der Waals surface area contributed by atoms with Gasteiger partial charge in [-0.1, -0.05) is 153 Å². The summed E-state index contributed by atoms with van der Waals surface area (Å²) in [5.74, 6) is -0.957. The van der Waals surface area contributed by atoms with Crippen LogP contribution in [0.2, 0.25) is 0 Å². The molecule has 2 N–H and O–H groups in total. The van der Waals surface area contributed by atoms with E-state index in [2.05, 4.69) is 54.8 Å². The van der Waals surface area contributed by atoms with Crippen molar-refractivity contribution < 1.29 is 42.7 Å². The first-order valence-electron chi connectivity index (χ1n) is 20.4. The first kappa shape index (κ1) is 47.3. The molecule has 1 aliphatic heterocycles. The van der Waals surface area contributed by atoms with Crippen LogP contribution in [0, 0.1) is 0 Å². The molecule has 1 rings (SSSR count). The van der Waals surface area contributed by atoms with Crippen molar-refractivity contribution in [2.24, 2.45) is 0 Å². The second-order valence-corrected chi connectivity index (χ2v) is 15.2. The van der Waals surface area contributed by atoms with Gasteiger partial charge in [0, 0.05) is 12.8 Å². The summed E-state index contributed by atoms with van der Waals surface area (Å²) < 4.78 is 32.1. The number of epoxide rings is 1. The Bertz CT molecular complexity index is 990. The fourth-order valence-corrected chi connectivity index (χ4v) is 6.29. The summed E-state index contributed by atoms with van der Waals surface area (Å²) in [5, 5.41) is 0. The van der Waals surface area contributed by atoms with Crippen LogP contribution >= 0.6 is 7.82 Å². The van der Waals surface area contributed by atoms with Crippen molar-refractivity contribution in [3.63, 3.8) is 0 Å². The minimum absolute atomic E-state index is 0.116. The average molecular weight is 741 g/mol. The van der Waals surface area contributed by atoms with E-state index < -0.39 is 32.5 Å². The summed E-state index contributed by atoms with van der Waals surface area (Å²) in [6.45, 7) is 3.60. The number of carbonyl (C=O) groups excluding carboxylic acids is 2. The van der Waals surface area contributed by atoms with Gasteiger partial charge in [-0.25, -0.2) is 4.57 Å². The number of phosphoric ester groups is 1. The second kappa shape index (κ2) is 32.8. The first-order chi connectivity index (χ1) is 24.7. The standard InChI is InChI=1S/C41H73O9P/c1-3-5-7-9-11-13-15-17-18-19-21-23-25-27-29-33-40(42)47-35-37(36-48-51(44,45)46)49-41(43)34-30-32-39-38(50-39)31-28-26-24-22-20-16-14-12-10-8-6-4-2/h12,14,20,22,26,28,37-39H,3-11,13,15-19,21,23-25,27,29-36H2,1-2H3,(H2,44,45,46)/b14-12-,22-20-,28-26-/t37-,38?,39?/m1/s1. The van der Waals surface area contributed by atoms with Crippen LogP contribution in [0.15, 0.2) is 36.5 Å². The Hall–Kier alpha value is -1.77. The molecular weight excluding hydrogens is 667 g/mol. The molecule has 10 heteroatoms. The van der Waals surface area contributed by atoms with Gasteiger partial charge >= 0.3 is 19.8 Å². The van der Waals surface area contributed by atoms with Gasteiger partial charge in [-0.2, -0.15) is 0 Å². The van der Waals surface area contributed by atoms with E-state index in [0.29, 0.717) is 12.8 Å². The van der Waals surface area contributed by atoms with Crippen LogP contribution < -0.4 is 0 Å². The zero-order valence-corrected chi connectivity index (χ0v) is 33.1. The Kier molecular flexibility index (Phi) is 30.4. The van der Waals surface area contributed by atoms with Crippen LogP contribution in [0.1, 0.15) is 181 Å². The summed E-state index contributed by atoms with van der Waals surface area (Å²) in [6.07, 6.45) is 40.2. The lowest BCUT2D eigenvalue weighted by atomic mass is 10.0. The number of hydrogen-bond donors (Lipinski definition) is 2. The molecular formula is C41H73O9P. The fourth-order valence-electron chi connectivity index (χ4n) is 5.93. The third kappa shape index (κ3) is 32.6. The molecule has 1 fully saturated rings. The summed E-state index contributed by atoms with van der Waals surface area (Å²) in [4.78, 5) is 42.9. The van der Waals surface area contributed by atoms with E-state index in [9.17, 15) is 14.2 Å². The van der Waals surface area contributed by atoms with Gasteiger partial charge in [-0.05, 0) is 51.4 Å². The topological polar surface area (TPSA) is 132 Å². The predicted molar refractivity (Wildman–Crippen MR) is 206 cm³/mol. The SMILES string of the molecule is CCCCC/C=C\C/C=C\C/C=C\CC1OC1CCCC(=O)O[C@H](COC(=O)CCCCCCCCCCCCCCCCC)COP(=O)(O)O. The van der Waals surface area contributed by atoms with Crippen molar-refractivity contribution in [3.8, 4) is 0 Å². The van der Waals surface area contributed by atoms with E-state index in [4.69, 9.17) is 24.0 Å². The van der Waals surface area contributed by atoms with Gasteiger partial charge in [0.05, 0.1) is 18.8 Å². The van der Waals surface area contributed by atoms with Crippen LogP contribution in [0.3, 0.4) is 0 Å². The summed E-state index contributed by atoms with van der Waals surface area (Å²) in [5.41, 5.74) is 0. The maximum atomic E-state index is 12.5. The second-order valence-electron chi connectivity index (χ2n) is 14.0. The Labute approximate surface area is 310 Å². The lowest BCUT2D eigenvalue weighted by Gasteiger charge is -2.18. The lowest BCUT2D eigenvalue weighted by molar-refractivity contribution is -0.161. The number of hydrogen-bond acceptors (Lipinski definition) is 7. The number of carbonyl (C=O) groups is 2. The van der Waals surface area contributed by atoms with E-state index in [1.165, 1.54) is 96.3 Å². The molecule has 1 aliphatic rings. The van der Waals surface area contributed by atoms with Gasteiger partial charge in [0.15, 0.2) is 6.10 Å². The van der Waals surface area contributed by atoms with Crippen LogP contribution in [0.25, 0.3) is 0 Å². The number of esters is 2. The molecule has 0 amide bonds. The number of phosphoric acid groups is 1. The summed E-state index contributed by atoms with van der Waals surface area (Å²) in [6, 6.07) is 0. The van der Waals surface area contributed by atoms with E-state index in [1.54, 1.807) is 0 Å². The van der Waals surface area contributed by atoms with E-state index in [0.717, 1.165) is 44.9 Å². The normalized spacial score (nSPS) is 16.8. The molecule has 0 aromatic rings. The summed E-state index contributed by atoms with van der Waals surface area (Å²) in [7, 11) is -4.78. The van der Waals surface area contributed by atoms with Gasteiger partial charge in [0.2, 0.25) is 0 Å². The zero-order chi connectivity index (χ0) is 37.3. The van der Waals surface area contributed by atoms with E-state index in [-0.39, 0.29) is 31.7 Å². The first-order valence-corrected chi connectivity index (χ1v) is 21.9. The van der Waals surface area contributed by atoms with Gasteiger partial charge in [-0.3, -0.25) is 14.1 Å². The van der Waals surface area contributed by atoms with Crippen LogP contribution in [0.5, 0.6) is 0 Å². The molecule has 0 aromatic carbocycles. The van der Waals surface area contributed by atoms with Crippen LogP contribution in [-0.4, -0.2) is 53.3 Å². The minimum atomic E-state index is -4.78. The maximum Gasteiger partial charge on any atom is 0.469 e. The molecule has 0 bridgehead atoms. The fraction of sp³-hybridized carbons (Fsp3) is 0.805. The molecule has 2 unspecified atom stereocenters. The zero-order valence-electron chi connectivity index (χ0n) is 32.2. The van der Waals surface area contributed by atoms with E-state index >= 15 is 0 Å². The van der Waals surface area contributed by atoms with Crippen LogP contribution in [-0.2, 0) is 32.9 Å². The number of ether oxygens (including phenoxy) is 3. The van der Waals surface area contributed by atoms with Crippen molar-refractivity contribution in [3.05, 3.63) is 36.5 Å². The molecule has 296 valence electrons. The van der Waals surface area contributed by atoms with Gasteiger partial charge < -0.3 is 24.0 Å². The molecule has 0 saturated carbocycles. The third-order valence-corrected chi connectivity index (χ3v) is 9.57. The lowest BCUT2D eigenvalue weighted by Crippen LogP contribution is -2.29. The highest BCUT2D eigenvalue weighted by molar-refractivity contribution is 7.46. The van der Waals surface area contributed by atoms with Crippen molar-refractivity contribution in [1.29, 1.82) is 0 Å². The number of allylic oxidation sites excluding steroid dienone is 5. The van der Waals surface area contributed by atoms with Crippen molar-refractivity contribution in [1.82, 2.24) is 0 Å². The molecule has 1 heterocycles.